The topological polar surface area (TPSA) is 89.5 Å². The minimum absolute atomic E-state index is 0.247. The van der Waals surface area contributed by atoms with E-state index >= 15 is 0 Å². The van der Waals surface area contributed by atoms with Crippen molar-refractivity contribution < 1.29 is 19.1 Å². The van der Waals surface area contributed by atoms with Gasteiger partial charge < -0.3 is 20.1 Å². The molecule has 1 heterocycles. The summed E-state index contributed by atoms with van der Waals surface area (Å²) >= 11 is 0. The van der Waals surface area contributed by atoms with Gasteiger partial charge in [0.15, 0.2) is 0 Å². The normalized spacial score (nSPS) is 16.0. The van der Waals surface area contributed by atoms with Gasteiger partial charge in [0.2, 0.25) is 0 Å². The number of carbonyl (C=O) groups is 2. The molecule has 7 heteroatoms. The Balaban J connectivity index is 2.52. The lowest BCUT2D eigenvalue weighted by atomic mass is 9.77. The SMILES string of the molecule is CC(CCC(COCCCNC(=O)c1cccc(C(=O)NCCCOCC(CCC(C)CCC(C)(C)C)C(C)CC(C)(C)C)n1)C(C)CC(C)(C)C)CCC(C)(C)C. The van der Waals surface area contributed by atoms with Crippen molar-refractivity contribution in [3.8, 4) is 0 Å². The fraction of sp³-hybridized carbons (Fsp3) is 0.863. The van der Waals surface area contributed by atoms with Gasteiger partial charge in [-0.2, -0.15) is 0 Å². The molecule has 0 bridgehead atoms. The Kier molecular flexibility index (Phi) is 24.6. The van der Waals surface area contributed by atoms with Crippen molar-refractivity contribution >= 4 is 11.8 Å². The molecule has 0 saturated carbocycles. The Morgan fingerprint density at radius 3 is 1.24 bits per heavy atom. The predicted molar refractivity (Wildman–Crippen MR) is 247 cm³/mol. The number of amides is 2. The summed E-state index contributed by atoms with van der Waals surface area (Å²) < 4.78 is 12.5. The third-order valence-electron chi connectivity index (χ3n) is 11.7. The number of pyridine rings is 1. The van der Waals surface area contributed by atoms with Gasteiger partial charge in [0.05, 0.1) is 0 Å². The monoisotopic (exact) mass is 814 g/mol. The van der Waals surface area contributed by atoms with E-state index in [0.717, 1.165) is 37.9 Å². The van der Waals surface area contributed by atoms with Crippen LogP contribution in [-0.2, 0) is 9.47 Å². The first-order chi connectivity index (χ1) is 26.7. The molecule has 0 saturated heterocycles. The molecule has 6 unspecified atom stereocenters. The van der Waals surface area contributed by atoms with Gasteiger partial charge in [0, 0.05) is 39.5 Å². The number of hydrogen-bond acceptors (Lipinski definition) is 5. The van der Waals surface area contributed by atoms with Crippen molar-refractivity contribution in [2.45, 2.75) is 188 Å². The maximum Gasteiger partial charge on any atom is 0.269 e. The molecule has 1 rings (SSSR count). The van der Waals surface area contributed by atoms with Crippen LogP contribution in [-0.4, -0.2) is 56.3 Å². The van der Waals surface area contributed by atoms with Crippen molar-refractivity contribution in [3.05, 3.63) is 29.6 Å². The van der Waals surface area contributed by atoms with Gasteiger partial charge in [0.25, 0.3) is 11.8 Å². The third kappa shape index (κ3) is 27.7. The highest BCUT2D eigenvalue weighted by Gasteiger charge is 2.26. The molecule has 0 aliphatic heterocycles. The Hall–Kier alpha value is -1.99. The Morgan fingerprint density at radius 2 is 0.914 bits per heavy atom. The minimum atomic E-state index is -0.275. The summed E-state index contributed by atoms with van der Waals surface area (Å²) in [5.74, 6) is 3.14. The van der Waals surface area contributed by atoms with Crippen LogP contribution < -0.4 is 10.6 Å². The molecule has 6 atom stereocenters. The first-order valence-electron chi connectivity index (χ1n) is 23.4. The Morgan fingerprint density at radius 1 is 0.552 bits per heavy atom. The maximum atomic E-state index is 13.0. The zero-order valence-corrected chi connectivity index (χ0v) is 41.0. The first kappa shape index (κ1) is 54.0. The minimum Gasteiger partial charge on any atom is -0.381 e. The summed E-state index contributed by atoms with van der Waals surface area (Å²) in [7, 11) is 0. The number of carbonyl (C=O) groups excluding carboxylic acids is 2. The number of nitrogens with one attached hydrogen (secondary N) is 2. The summed E-state index contributed by atoms with van der Waals surface area (Å²) in [6.45, 7) is 41.2. The number of aromatic nitrogens is 1. The molecule has 0 aliphatic rings. The zero-order valence-electron chi connectivity index (χ0n) is 41.0. The molecule has 0 spiro atoms. The maximum absolute atomic E-state index is 13.0. The van der Waals surface area contributed by atoms with Gasteiger partial charge in [-0.3, -0.25) is 9.59 Å². The van der Waals surface area contributed by atoms with E-state index in [0.29, 0.717) is 71.6 Å². The van der Waals surface area contributed by atoms with Crippen molar-refractivity contribution in [3.63, 3.8) is 0 Å². The molecule has 58 heavy (non-hydrogen) atoms. The van der Waals surface area contributed by atoms with Gasteiger partial charge in [-0.15, -0.1) is 0 Å². The highest BCUT2D eigenvalue weighted by molar-refractivity contribution is 5.96. The van der Waals surface area contributed by atoms with Crippen LogP contribution in [0.3, 0.4) is 0 Å². The zero-order chi connectivity index (χ0) is 44.2. The van der Waals surface area contributed by atoms with Gasteiger partial charge in [-0.1, -0.05) is 143 Å². The van der Waals surface area contributed by atoms with E-state index in [4.69, 9.17) is 9.47 Å². The van der Waals surface area contributed by atoms with Gasteiger partial charge in [0.1, 0.15) is 11.4 Å². The van der Waals surface area contributed by atoms with Gasteiger partial charge in [-0.05, 0) is 121 Å². The standard InChI is InChI=1S/C51H95N3O4/c1-38(26-28-48(5,6)7)22-24-42(40(3)34-50(11,12)13)36-57-32-18-30-52-46(55)44-20-17-21-45(54-44)47(56)53-31-19-33-58-37-43(41(4)35-51(14,15)16)25-23-39(2)27-29-49(8,9)10/h17,20-21,38-43H,18-19,22-37H2,1-16H3,(H,52,55)(H,53,56). The van der Waals surface area contributed by atoms with E-state index in [1.54, 1.807) is 18.2 Å². The van der Waals surface area contributed by atoms with Crippen LogP contribution in [0.4, 0.5) is 0 Å². The summed E-state index contributed by atoms with van der Waals surface area (Å²) in [6, 6.07) is 5.03. The van der Waals surface area contributed by atoms with E-state index in [2.05, 4.69) is 126 Å². The third-order valence-corrected chi connectivity index (χ3v) is 11.7. The van der Waals surface area contributed by atoms with Crippen molar-refractivity contribution in [2.24, 2.45) is 57.2 Å². The Bertz CT molecular complexity index is 1170. The molecule has 0 aromatic carbocycles. The van der Waals surface area contributed by atoms with Crippen LogP contribution in [0.5, 0.6) is 0 Å². The van der Waals surface area contributed by atoms with E-state index in [-0.39, 0.29) is 23.2 Å². The number of nitrogens with zero attached hydrogens (tertiary/aromatic N) is 1. The summed E-state index contributed by atoms with van der Waals surface area (Å²) in [5.41, 5.74) is 1.85. The predicted octanol–water partition coefficient (Wildman–Crippen LogP) is 13.2. The van der Waals surface area contributed by atoms with Crippen molar-refractivity contribution in [1.82, 2.24) is 15.6 Å². The molecule has 2 N–H and O–H groups in total. The second-order valence-corrected chi connectivity index (χ2v) is 23.3. The summed E-state index contributed by atoms with van der Waals surface area (Å²) in [6.07, 6.45) is 13.8. The molecule has 7 nitrogen and oxygen atoms in total. The quantitative estimate of drug-likeness (QED) is 0.0823. The lowest BCUT2D eigenvalue weighted by Gasteiger charge is -2.31. The van der Waals surface area contributed by atoms with Crippen LogP contribution in [0.15, 0.2) is 18.2 Å². The van der Waals surface area contributed by atoms with E-state index in [9.17, 15) is 9.59 Å². The average Bonchev–Trinajstić information content (AvgIpc) is 3.09. The second-order valence-electron chi connectivity index (χ2n) is 23.3. The smallest absolute Gasteiger partial charge is 0.269 e. The summed E-state index contributed by atoms with van der Waals surface area (Å²) in [4.78, 5) is 30.3. The molecular weight excluding hydrogens is 719 g/mol. The van der Waals surface area contributed by atoms with E-state index in [1.165, 1.54) is 64.2 Å². The van der Waals surface area contributed by atoms with Crippen LogP contribution >= 0.6 is 0 Å². The molecule has 1 aromatic rings. The molecule has 0 fully saturated rings. The average molecular weight is 814 g/mol. The summed E-state index contributed by atoms with van der Waals surface area (Å²) in [5, 5.41) is 5.93. The van der Waals surface area contributed by atoms with Crippen LogP contribution in [0.1, 0.15) is 209 Å². The number of ether oxygens (including phenoxy) is 2. The highest BCUT2D eigenvalue weighted by Crippen LogP contribution is 2.35. The molecule has 1 aromatic heterocycles. The van der Waals surface area contributed by atoms with Gasteiger partial charge >= 0.3 is 0 Å². The van der Waals surface area contributed by atoms with Crippen LogP contribution in [0.2, 0.25) is 0 Å². The van der Waals surface area contributed by atoms with E-state index < -0.39 is 0 Å². The molecule has 338 valence electrons. The largest absolute Gasteiger partial charge is 0.381 e. The fourth-order valence-electron chi connectivity index (χ4n) is 8.06. The Labute approximate surface area is 359 Å². The molecular formula is C51H95N3O4. The molecule has 2 amide bonds. The lowest BCUT2D eigenvalue weighted by Crippen LogP contribution is -2.29. The molecule has 0 radical (unpaired) electrons. The van der Waals surface area contributed by atoms with Crippen molar-refractivity contribution in [2.75, 3.05) is 39.5 Å². The molecule has 0 aliphatic carbocycles. The van der Waals surface area contributed by atoms with Crippen molar-refractivity contribution in [1.29, 1.82) is 0 Å². The second kappa shape index (κ2) is 26.4. The first-order valence-corrected chi connectivity index (χ1v) is 23.4. The van der Waals surface area contributed by atoms with E-state index in [1.807, 2.05) is 0 Å². The van der Waals surface area contributed by atoms with Crippen LogP contribution in [0, 0.1) is 57.2 Å². The highest BCUT2D eigenvalue weighted by atomic mass is 16.5. The van der Waals surface area contributed by atoms with Crippen LogP contribution in [0.25, 0.3) is 0 Å². The van der Waals surface area contributed by atoms with Gasteiger partial charge in [-0.25, -0.2) is 4.98 Å². The lowest BCUT2D eigenvalue weighted by molar-refractivity contribution is 0.0613. The fourth-order valence-corrected chi connectivity index (χ4v) is 8.06. The number of hydrogen-bond donors (Lipinski definition) is 2. The number of rotatable bonds is 28.